The average molecular weight is 391 g/mol. The Morgan fingerprint density at radius 1 is 1.21 bits per heavy atom. The van der Waals surface area contributed by atoms with Crippen LogP contribution in [-0.2, 0) is 19.5 Å². The van der Waals surface area contributed by atoms with E-state index in [9.17, 15) is 9.59 Å². The van der Waals surface area contributed by atoms with Crippen molar-refractivity contribution in [3.05, 3.63) is 70.0 Å². The van der Waals surface area contributed by atoms with Gasteiger partial charge in [0.15, 0.2) is 11.2 Å². The number of carbonyl (C=O) groups excluding carboxylic acids is 1. The van der Waals surface area contributed by atoms with Crippen molar-refractivity contribution in [2.75, 3.05) is 5.73 Å². The molecule has 0 aliphatic heterocycles. The number of H-pyrrole nitrogens is 1. The number of aromatic amines is 1. The number of aromatic nitrogens is 7. The molecule has 1 aromatic carbocycles. The Morgan fingerprint density at radius 3 is 2.86 bits per heavy atom. The van der Waals surface area contributed by atoms with Crippen molar-refractivity contribution < 1.29 is 4.79 Å². The zero-order valence-corrected chi connectivity index (χ0v) is 15.2. The maximum absolute atomic E-state index is 12.3. The molecule has 0 aliphatic carbocycles. The van der Waals surface area contributed by atoms with Gasteiger partial charge in [0.05, 0.1) is 18.9 Å². The summed E-state index contributed by atoms with van der Waals surface area (Å²) in [6.45, 7) is 0.859. The fraction of sp³-hybridized carbons (Fsp3) is 0.167. The van der Waals surface area contributed by atoms with E-state index in [1.54, 1.807) is 10.9 Å². The number of rotatable bonds is 6. The van der Waals surface area contributed by atoms with Gasteiger partial charge in [0.1, 0.15) is 11.4 Å². The van der Waals surface area contributed by atoms with Crippen molar-refractivity contribution in [2.24, 2.45) is 0 Å². The molecule has 11 nitrogen and oxygen atoms in total. The van der Waals surface area contributed by atoms with E-state index in [0.717, 1.165) is 6.42 Å². The standard InChI is InChI=1S/C18H17N9O2/c19-18-23-15-14(17(29)24-18)20-9-13(22-15)16(28)21-8-12-10-27(26-25-12)7-6-11-4-2-1-3-5-11/h1-5,9-10H,6-8H2,(H,21,28)(H3,19,22,23,24,29). The molecular weight excluding hydrogens is 374 g/mol. The molecule has 4 rings (SSSR count). The smallest absolute Gasteiger partial charge is 0.280 e. The van der Waals surface area contributed by atoms with Crippen LogP contribution < -0.4 is 16.6 Å². The van der Waals surface area contributed by atoms with Crippen LogP contribution in [0, 0.1) is 0 Å². The van der Waals surface area contributed by atoms with Gasteiger partial charge in [-0.15, -0.1) is 5.10 Å². The molecule has 11 heteroatoms. The molecule has 3 aromatic heterocycles. The van der Waals surface area contributed by atoms with Crippen LogP contribution in [0.1, 0.15) is 21.7 Å². The monoisotopic (exact) mass is 391 g/mol. The van der Waals surface area contributed by atoms with Gasteiger partial charge in [0.25, 0.3) is 11.5 Å². The minimum absolute atomic E-state index is 0.00533. The van der Waals surface area contributed by atoms with Crippen molar-refractivity contribution in [1.29, 1.82) is 0 Å². The second-order valence-electron chi connectivity index (χ2n) is 6.27. The first-order valence-electron chi connectivity index (χ1n) is 8.82. The number of hydrogen-bond donors (Lipinski definition) is 3. The Kier molecular flexibility index (Phi) is 4.93. The number of carbonyl (C=O) groups is 1. The van der Waals surface area contributed by atoms with Crippen molar-refractivity contribution >= 4 is 23.0 Å². The predicted octanol–water partition coefficient (Wildman–Crippen LogP) is 0.0595. The molecule has 0 atom stereocenters. The van der Waals surface area contributed by atoms with Gasteiger partial charge in [-0.2, -0.15) is 4.98 Å². The molecule has 1 amide bonds. The first kappa shape index (κ1) is 18.2. The first-order valence-corrected chi connectivity index (χ1v) is 8.82. The average Bonchev–Trinajstić information content (AvgIpc) is 3.18. The zero-order chi connectivity index (χ0) is 20.2. The van der Waals surface area contributed by atoms with E-state index in [-0.39, 0.29) is 29.4 Å². The van der Waals surface area contributed by atoms with E-state index in [1.165, 1.54) is 11.8 Å². The lowest BCUT2D eigenvalue weighted by molar-refractivity contribution is 0.0945. The zero-order valence-electron chi connectivity index (χ0n) is 15.2. The molecule has 0 unspecified atom stereocenters. The summed E-state index contributed by atoms with van der Waals surface area (Å²) in [7, 11) is 0. The maximum Gasteiger partial charge on any atom is 0.280 e. The van der Waals surface area contributed by atoms with E-state index >= 15 is 0 Å². The van der Waals surface area contributed by atoms with Crippen LogP contribution in [0.2, 0.25) is 0 Å². The molecular formula is C18H17N9O2. The molecule has 146 valence electrons. The van der Waals surface area contributed by atoms with E-state index in [4.69, 9.17) is 5.73 Å². The highest BCUT2D eigenvalue weighted by Gasteiger charge is 2.13. The van der Waals surface area contributed by atoms with Crippen LogP contribution in [0.4, 0.5) is 5.95 Å². The topological polar surface area (TPSA) is 157 Å². The van der Waals surface area contributed by atoms with Crippen LogP contribution in [0.5, 0.6) is 0 Å². The largest absolute Gasteiger partial charge is 0.369 e. The van der Waals surface area contributed by atoms with Gasteiger partial charge in [-0.05, 0) is 12.0 Å². The Bertz CT molecular complexity index is 1220. The third-order valence-corrected chi connectivity index (χ3v) is 4.16. The minimum Gasteiger partial charge on any atom is -0.369 e. The lowest BCUT2D eigenvalue weighted by Crippen LogP contribution is -2.25. The number of fused-ring (bicyclic) bond motifs is 1. The van der Waals surface area contributed by atoms with Gasteiger partial charge >= 0.3 is 0 Å². The van der Waals surface area contributed by atoms with Gasteiger partial charge in [0.2, 0.25) is 5.95 Å². The first-order chi connectivity index (χ1) is 14.1. The summed E-state index contributed by atoms with van der Waals surface area (Å²) >= 11 is 0. The van der Waals surface area contributed by atoms with Crippen molar-refractivity contribution in [3.8, 4) is 0 Å². The SMILES string of the molecule is Nc1nc2nc(C(=O)NCc3cn(CCc4ccccc4)nn3)cnc2c(=O)[nH]1. The summed E-state index contributed by atoms with van der Waals surface area (Å²) in [6.07, 6.45) is 3.82. The van der Waals surface area contributed by atoms with E-state index in [1.807, 2.05) is 18.2 Å². The lowest BCUT2D eigenvalue weighted by Gasteiger charge is -2.03. The van der Waals surface area contributed by atoms with Crippen LogP contribution in [0.3, 0.4) is 0 Å². The fourth-order valence-electron chi connectivity index (χ4n) is 2.72. The third-order valence-electron chi connectivity index (χ3n) is 4.16. The number of amides is 1. The lowest BCUT2D eigenvalue weighted by atomic mass is 10.1. The third kappa shape index (κ3) is 4.24. The second-order valence-corrected chi connectivity index (χ2v) is 6.27. The highest BCUT2D eigenvalue weighted by atomic mass is 16.2. The number of benzene rings is 1. The van der Waals surface area contributed by atoms with Crippen LogP contribution in [0.15, 0.2) is 47.5 Å². The Morgan fingerprint density at radius 2 is 2.03 bits per heavy atom. The number of nitrogens with zero attached hydrogens (tertiary/aromatic N) is 6. The minimum atomic E-state index is -0.515. The number of hydrogen-bond acceptors (Lipinski definition) is 8. The summed E-state index contributed by atoms with van der Waals surface area (Å²) in [5.41, 5.74) is 6.84. The predicted molar refractivity (Wildman–Crippen MR) is 104 cm³/mol. The van der Waals surface area contributed by atoms with Crippen LogP contribution in [-0.4, -0.2) is 40.8 Å². The van der Waals surface area contributed by atoms with E-state index in [0.29, 0.717) is 12.2 Å². The number of nitrogens with two attached hydrogens (primary N) is 1. The van der Waals surface area contributed by atoms with Gasteiger partial charge in [-0.3, -0.25) is 19.3 Å². The van der Waals surface area contributed by atoms with Crippen molar-refractivity contribution in [2.45, 2.75) is 19.5 Å². The van der Waals surface area contributed by atoms with E-state index < -0.39 is 11.5 Å². The summed E-state index contributed by atoms with van der Waals surface area (Å²) < 4.78 is 1.73. The highest BCUT2D eigenvalue weighted by Crippen LogP contribution is 2.04. The molecule has 3 heterocycles. The summed E-state index contributed by atoms with van der Waals surface area (Å²) in [5.74, 6) is -0.569. The van der Waals surface area contributed by atoms with Crippen LogP contribution >= 0.6 is 0 Å². The highest BCUT2D eigenvalue weighted by molar-refractivity contribution is 5.93. The molecule has 0 fully saturated rings. The Hall–Kier alpha value is -4.15. The molecule has 0 bridgehead atoms. The van der Waals surface area contributed by atoms with Gasteiger partial charge < -0.3 is 11.1 Å². The number of nitrogen functional groups attached to an aromatic ring is 1. The maximum atomic E-state index is 12.3. The van der Waals surface area contributed by atoms with Crippen molar-refractivity contribution in [3.63, 3.8) is 0 Å². The summed E-state index contributed by atoms with van der Waals surface area (Å²) in [6, 6.07) is 10.1. The van der Waals surface area contributed by atoms with E-state index in [2.05, 4.69) is 47.7 Å². The van der Waals surface area contributed by atoms with Gasteiger partial charge in [-0.1, -0.05) is 35.5 Å². The molecule has 0 saturated carbocycles. The van der Waals surface area contributed by atoms with Crippen LogP contribution in [0.25, 0.3) is 11.2 Å². The second kappa shape index (κ2) is 7.84. The van der Waals surface area contributed by atoms with Gasteiger partial charge in [0, 0.05) is 6.54 Å². The molecule has 0 radical (unpaired) electrons. The summed E-state index contributed by atoms with van der Waals surface area (Å²) in [4.78, 5) is 38.3. The fourth-order valence-corrected chi connectivity index (χ4v) is 2.72. The molecule has 4 aromatic rings. The Balaban J connectivity index is 1.38. The number of anilines is 1. The van der Waals surface area contributed by atoms with Gasteiger partial charge in [-0.25, -0.2) is 9.97 Å². The quantitative estimate of drug-likeness (QED) is 0.416. The molecule has 0 aliphatic rings. The molecule has 0 spiro atoms. The normalized spacial score (nSPS) is 10.9. The number of nitrogens with one attached hydrogen (secondary N) is 2. The molecule has 0 saturated heterocycles. The molecule has 29 heavy (non-hydrogen) atoms. The van der Waals surface area contributed by atoms with Crippen molar-refractivity contribution in [1.82, 2.24) is 40.2 Å². The summed E-state index contributed by atoms with van der Waals surface area (Å²) in [5, 5.41) is 10.8. The number of aryl methyl sites for hydroxylation is 2. The molecule has 4 N–H and O–H groups in total. The Labute approximate surface area is 164 Å².